The maximum atomic E-state index is 5.78. The third-order valence-electron chi connectivity index (χ3n) is 4.53. The lowest BCUT2D eigenvalue weighted by Crippen LogP contribution is -2.32. The summed E-state index contributed by atoms with van der Waals surface area (Å²) in [6, 6.07) is 5.81. The van der Waals surface area contributed by atoms with Gasteiger partial charge < -0.3 is 29.4 Å². The van der Waals surface area contributed by atoms with Crippen LogP contribution < -0.4 is 20.1 Å². The number of aromatic nitrogens is 3. The number of benzene rings is 1. The van der Waals surface area contributed by atoms with Gasteiger partial charge in [0.1, 0.15) is 12.4 Å². The predicted molar refractivity (Wildman–Crippen MR) is 127 cm³/mol. The molecule has 1 aliphatic heterocycles. The first-order valence-electron chi connectivity index (χ1n) is 10.0. The van der Waals surface area contributed by atoms with Crippen LogP contribution in [0, 0.1) is 6.92 Å². The van der Waals surface area contributed by atoms with Crippen molar-refractivity contribution in [3.8, 4) is 11.5 Å². The van der Waals surface area contributed by atoms with E-state index in [-0.39, 0.29) is 24.0 Å². The molecule has 166 valence electrons. The number of anilines is 1. The Bertz CT molecular complexity index is 827. The van der Waals surface area contributed by atoms with E-state index in [0.29, 0.717) is 32.3 Å². The van der Waals surface area contributed by atoms with Crippen molar-refractivity contribution in [2.45, 2.75) is 33.2 Å². The van der Waals surface area contributed by atoms with Gasteiger partial charge in [0, 0.05) is 45.0 Å². The molecule has 0 saturated heterocycles. The molecule has 0 radical (unpaired) electrons. The molecule has 0 aliphatic carbocycles. The fourth-order valence-corrected chi connectivity index (χ4v) is 2.78. The third kappa shape index (κ3) is 7.01. The van der Waals surface area contributed by atoms with Crippen molar-refractivity contribution in [1.29, 1.82) is 0 Å². The van der Waals surface area contributed by atoms with Gasteiger partial charge in [0.25, 0.3) is 0 Å². The maximum Gasteiger partial charge on any atom is 0.196 e. The molecule has 30 heavy (non-hydrogen) atoms. The van der Waals surface area contributed by atoms with Gasteiger partial charge in [0.15, 0.2) is 23.3 Å². The number of aliphatic imine (C=N–C) groups is 1. The van der Waals surface area contributed by atoms with E-state index in [2.05, 4.69) is 25.8 Å². The van der Waals surface area contributed by atoms with Gasteiger partial charge in [-0.25, -0.2) is 4.99 Å². The third-order valence-corrected chi connectivity index (χ3v) is 4.53. The smallest absolute Gasteiger partial charge is 0.196 e. The zero-order valence-electron chi connectivity index (χ0n) is 17.8. The number of halogens is 1. The lowest BCUT2D eigenvalue weighted by atomic mass is 10.2. The molecule has 0 fully saturated rings. The number of hydrogen-bond donors (Lipinski definition) is 2. The molecular formula is C20H31IN6O3. The zero-order valence-corrected chi connectivity index (χ0v) is 20.1. The monoisotopic (exact) mass is 530 g/mol. The number of aryl methyl sites for hydroxylation is 1. The second-order valence-electron chi connectivity index (χ2n) is 6.70. The molecular weight excluding hydrogens is 499 g/mol. The quantitative estimate of drug-likeness (QED) is 0.235. The summed E-state index contributed by atoms with van der Waals surface area (Å²) in [6.45, 7) is 7.84. The van der Waals surface area contributed by atoms with Gasteiger partial charge >= 0.3 is 0 Å². The standard InChI is InChI=1S/C20H30N6O3.HI/c1-4-27-10-5-9-21-20(22-14-19-25-24-15(2)26(19)3)23-16-7-8-17-18(13-16)29-12-6-11-28-17;/h7-8,13H,4-6,9-12,14H2,1-3H3,(H2,21,22,23);1H. The Hall–Kier alpha value is -2.08. The van der Waals surface area contributed by atoms with E-state index in [9.17, 15) is 0 Å². The highest BCUT2D eigenvalue weighted by Gasteiger charge is 2.12. The minimum absolute atomic E-state index is 0. The Morgan fingerprint density at radius 3 is 2.77 bits per heavy atom. The highest BCUT2D eigenvalue weighted by Crippen LogP contribution is 2.32. The molecule has 0 atom stereocenters. The van der Waals surface area contributed by atoms with Crippen LogP contribution in [0.4, 0.5) is 5.69 Å². The zero-order chi connectivity index (χ0) is 20.5. The lowest BCUT2D eigenvalue weighted by molar-refractivity contribution is 0.146. The van der Waals surface area contributed by atoms with E-state index in [0.717, 1.165) is 54.8 Å². The van der Waals surface area contributed by atoms with Crippen molar-refractivity contribution in [2.75, 3.05) is 38.3 Å². The number of nitrogens with one attached hydrogen (secondary N) is 2. The van der Waals surface area contributed by atoms with Gasteiger partial charge in [-0.05, 0) is 32.4 Å². The van der Waals surface area contributed by atoms with Crippen LogP contribution in [0.1, 0.15) is 31.4 Å². The minimum atomic E-state index is 0. The highest BCUT2D eigenvalue weighted by molar-refractivity contribution is 14.0. The highest BCUT2D eigenvalue weighted by atomic mass is 127. The van der Waals surface area contributed by atoms with E-state index in [1.807, 2.05) is 43.7 Å². The topological polar surface area (TPSA) is 94.8 Å². The summed E-state index contributed by atoms with van der Waals surface area (Å²) in [4.78, 5) is 4.67. The Morgan fingerprint density at radius 2 is 2.03 bits per heavy atom. The summed E-state index contributed by atoms with van der Waals surface area (Å²) >= 11 is 0. The Labute approximate surface area is 194 Å². The number of hydrogen-bond acceptors (Lipinski definition) is 6. The molecule has 3 rings (SSSR count). The Morgan fingerprint density at radius 1 is 1.23 bits per heavy atom. The van der Waals surface area contributed by atoms with Gasteiger partial charge in [-0.1, -0.05) is 0 Å². The molecule has 10 heteroatoms. The summed E-state index contributed by atoms with van der Waals surface area (Å²) in [5, 5.41) is 15.0. The van der Waals surface area contributed by atoms with Crippen LogP contribution in [-0.4, -0.2) is 53.7 Å². The van der Waals surface area contributed by atoms with Crippen molar-refractivity contribution in [3.63, 3.8) is 0 Å². The molecule has 0 saturated carbocycles. The van der Waals surface area contributed by atoms with Crippen LogP contribution in [-0.2, 0) is 18.3 Å². The summed E-state index contributed by atoms with van der Waals surface area (Å²) in [5.41, 5.74) is 0.874. The first-order chi connectivity index (χ1) is 14.2. The summed E-state index contributed by atoms with van der Waals surface area (Å²) in [6.07, 6.45) is 1.77. The summed E-state index contributed by atoms with van der Waals surface area (Å²) < 4.78 is 18.8. The average Bonchev–Trinajstić information content (AvgIpc) is 2.92. The van der Waals surface area contributed by atoms with E-state index < -0.39 is 0 Å². The van der Waals surface area contributed by atoms with E-state index in [4.69, 9.17) is 14.2 Å². The van der Waals surface area contributed by atoms with Crippen LogP contribution in [0.15, 0.2) is 23.2 Å². The Balaban J connectivity index is 0.00000320. The van der Waals surface area contributed by atoms with Gasteiger partial charge in [0.05, 0.1) is 13.2 Å². The van der Waals surface area contributed by atoms with Gasteiger partial charge in [-0.3, -0.25) is 0 Å². The molecule has 2 heterocycles. The molecule has 0 amide bonds. The van der Waals surface area contributed by atoms with Gasteiger partial charge in [0.2, 0.25) is 0 Å². The molecule has 1 aromatic carbocycles. The molecule has 1 aliphatic rings. The normalized spacial score (nSPS) is 13.4. The molecule has 1 aromatic heterocycles. The molecule has 2 N–H and O–H groups in total. The number of nitrogens with zero attached hydrogens (tertiary/aromatic N) is 4. The van der Waals surface area contributed by atoms with Crippen molar-refractivity contribution < 1.29 is 14.2 Å². The first kappa shape index (κ1) is 24.2. The predicted octanol–water partition coefficient (Wildman–Crippen LogP) is 2.89. The molecule has 0 bridgehead atoms. The number of ether oxygens (including phenoxy) is 3. The molecule has 2 aromatic rings. The second kappa shape index (κ2) is 12.6. The Kier molecular flexibility index (Phi) is 10.1. The van der Waals surface area contributed by atoms with Gasteiger partial charge in [-0.15, -0.1) is 34.2 Å². The van der Waals surface area contributed by atoms with E-state index in [1.54, 1.807) is 0 Å². The van der Waals surface area contributed by atoms with Crippen molar-refractivity contribution in [2.24, 2.45) is 12.0 Å². The lowest BCUT2D eigenvalue weighted by Gasteiger charge is -2.14. The second-order valence-corrected chi connectivity index (χ2v) is 6.70. The van der Waals surface area contributed by atoms with Crippen LogP contribution in [0.2, 0.25) is 0 Å². The molecule has 0 spiro atoms. The van der Waals surface area contributed by atoms with Crippen LogP contribution in [0.3, 0.4) is 0 Å². The average molecular weight is 530 g/mol. The number of fused-ring (bicyclic) bond motifs is 1. The molecule has 0 unspecified atom stereocenters. The van der Waals surface area contributed by atoms with Crippen LogP contribution in [0.5, 0.6) is 11.5 Å². The number of rotatable bonds is 8. The SMILES string of the molecule is CCOCCCNC(=NCc1nnc(C)n1C)Nc1ccc2c(c1)OCCCO2.I. The fourth-order valence-electron chi connectivity index (χ4n) is 2.78. The van der Waals surface area contributed by atoms with E-state index in [1.165, 1.54) is 0 Å². The first-order valence-corrected chi connectivity index (χ1v) is 10.0. The van der Waals surface area contributed by atoms with Crippen LogP contribution >= 0.6 is 24.0 Å². The van der Waals surface area contributed by atoms with Crippen molar-refractivity contribution in [1.82, 2.24) is 20.1 Å². The number of guanidine groups is 1. The van der Waals surface area contributed by atoms with Crippen molar-refractivity contribution in [3.05, 3.63) is 29.8 Å². The minimum Gasteiger partial charge on any atom is -0.490 e. The largest absolute Gasteiger partial charge is 0.490 e. The summed E-state index contributed by atoms with van der Waals surface area (Å²) in [5.74, 6) is 3.84. The molecule has 9 nitrogen and oxygen atoms in total. The van der Waals surface area contributed by atoms with Crippen molar-refractivity contribution >= 4 is 35.6 Å². The van der Waals surface area contributed by atoms with Crippen LogP contribution in [0.25, 0.3) is 0 Å². The summed E-state index contributed by atoms with van der Waals surface area (Å²) in [7, 11) is 1.94. The maximum absolute atomic E-state index is 5.78. The van der Waals surface area contributed by atoms with Gasteiger partial charge in [-0.2, -0.15) is 0 Å². The fraction of sp³-hybridized carbons (Fsp3) is 0.550. The van der Waals surface area contributed by atoms with E-state index >= 15 is 0 Å².